The van der Waals surface area contributed by atoms with Crippen molar-refractivity contribution in [1.29, 1.82) is 0 Å². The van der Waals surface area contributed by atoms with E-state index in [1.807, 2.05) is 47.9 Å². The molecule has 6 nitrogen and oxygen atoms in total. The van der Waals surface area contributed by atoms with Gasteiger partial charge in [-0.3, -0.25) is 9.36 Å². The van der Waals surface area contributed by atoms with Crippen LogP contribution in [-0.4, -0.2) is 32.4 Å². The van der Waals surface area contributed by atoms with Gasteiger partial charge in [-0.1, -0.05) is 42.1 Å². The molecule has 0 amide bonds. The van der Waals surface area contributed by atoms with Crippen LogP contribution in [-0.2, 0) is 6.54 Å². The second-order valence-electron chi connectivity index (χ2n) is 7.30. The zero-order chi connectivity index (χ0) is 23.4. The third-order valence-electron chi connectivity index (χ3n) is 5.02. The molecule has 4 rings (SSSR count). The van der Waals surface area contributed by atoms with E-state index in [1.54, 1.807) is 13.2 Å². The quantitative estimate of drug-likeness (QED) is 0.226. The van der Waals surface area contributed by atoms with Gasteiger partial charge in [0.25, 0.3) is 0 Å². The molecular formula is C24H21F2N3O3S. The Morgan fingerprint density at radius 1 is 1.09 bits per heavy atom. The van der Waals surface area contributed by atoms with Crippen molar-refractivity contribution in [2.75, 3.05) is 0 Å². The molecule has 2 aromatic heterocycles. The van der Waals surface area contributed by atoms with Gasteiger partial charge in [0.2, 0.25) is 0 Å². The Bertz CT molecular complexity index is 1220. The second-order valence-corrected chi connectivity index (χ2v) is 8.60. The van der Waals surface area contributed by atoms with Crippen molar-refractivity contribution in [3.05, 3.63) is 83.8 Å². The van der Waals surface area contributed by atoms with Crippen molar-refractivity contribution in [1.82, 2.24) is 14.8 Å². The first-order valence-corrected chi connectivity index (χ1v) is 11.1. The summed E-state index contributed by atoms with van der Waals surface area (Å²) in [7, 11) is 0. The third kappa shape index (κ3) is 5.31. The number of ether oxygens (including phenoxy) is 1. The maximum absolute atomic E-state index is 13.0. The van der Waals surface area contributed by atoms with Gasteiger partial charge in [-0.15, -0.1) is 10.2 Å². The van der Waals surface area contributed by atoms with Crippen LogP contribution >= 0.6 is 11.8 Å². The van der Waals surface area contributed by atoms with Crippen LogP contribution in [0, 0.1) is 6.92 Å². The number of Topliss-reactive ketones (excluding diaryl/α,β-unsaturated/α-hetero) is 1. The van der Waals surface area contributed by atoms with E-state index < -0.39 is 11.9 Å². The SMILES string of the molecule is Cc1occc1-c1nnc(SC(C)C(=O)c2ccc(OC(F)F)cc2)n1Cc1ccccc1. The summed E-state index contributed by atoms with van der Waals surface area (Å²) in [6.07, 6.45) is 1.60. The van der Waals surface area contributed by atoms with E-state index in [9.17, 15) is 13.6 Å². The number of hydrogen-bond donors (Lipinski definition) is 0. The van der Waals surface area contributed by atoms with Crippen molar-refractivity contribution in [3.8, 4) is 17.1 Å². The zero-order valence-corrected chi connectivity index (χ0v) is 18.8. The highest BCUT2D eigenvalue weighted by molar-refractivity contribution is 8.00. The first-order valence-electron chi connectivity index (χ1n) is 10.2. The van der Waals surface area contributed by atoms with E-state index in [4.69, 9.17) is 4.42 Å². The number of hydrogen-bond acceptors (Lipinski definition) is 6. The number of furan rings is 1. The highest BCUT2D eigenvalue weighted by Gasteiger charge is 2.23. The summed E-state index contributed by atoms with van der Waals surface area (Å²) in [5, 5.41) is 8.83. The van der Waals surface area contributed by atoms with E-state index in [0.717, 1.165) is 16.9 Å². The summed E-state index contributed by atoms with van der Waals surface area (Å²) in [5.74, 6) is 1.23. The standard InChI is InChI=1S/C24H21F2N3O3S/c1-15-20(12-13-31-15)22-27-28-24(29(22)14-17-6-4-3-5-7-17)33-16(2)21(30)18-8-10-19(11-9-18)32-23(25)26/h3-13,16,23H,14H2,1-2H3. The molecule has 0 spiro atoms. The summed E-state index contributed by atoms with van der Waals surface area (Å²) in [6.45, 7) is 1.25. The lowest BCUT2D eigenvalue weighted by Gasteiger charge is -2.13. The molecule has 1 atom stereocenters. The van der Waals surface area contributed by atoms with E-state index >= 15 is 0 Å². The van der Waals surface area contributed by atoms with Gasteiger partial charge in [0.05, 0.1) is 23.6 Å². The van der Waals surface area contributed by atoms with E-state index in [0.29, 0.717) is 23.1 Å². The largest absolute Gasteiger partial charge is 0.469 e. The van der Waals surface area contributed by atoms with Crippen molar-refractivity contribution >= 4 is 17.5 Å². The summed E-state index contributed by atoms with van der Waals surface area (Å²) >= 11 is 1.29. The van der Waals surface area contributed by atoms with Gasteiger partial charge in [-0.25, -0.2) is 0 Å². The number of aryl methyl sites for hydroxylation is 1. The Labute approximate surface area is 193 Å². The van der Waals surface area contributed by atoms with Crippen LogP contribution in [0.1, 0.15) is 28.6 Å². The molecule has 0 aliphatic carbocycles. The minimum Gasteiger partial charge on any atom is -0.469 e. The highest BCUT2D eigenvalue weighted by atomic mass is 32.2. The van der Waals surface area contributed by atoms with Crippen LogP contribution in [0.5, 0.6) is 5.75 Å². The highest BCUT2D eigenvalue weighted by Crippen LogP contribution is 2.31. The third-order valence-corrected chi connectivity index (χ3v) is 6.10. The van der Waals surface area contributed by atoms with Gasteiger partial charge in [-0.2, -0.15) is 8.78 Å². The number of aromatic nitrogens is 3. The minimum absolute atomic E-state index is 0.00424. The molecule has 0 saturated heterocycles. The van der Waals surface area contributed by atoms with Crippen molar-refractivity contribution < 1.29 is 22.7 Å². The normalized spacial score (nSPS) is 12.2. The Kier molecular flexibility index (Phi) is 6.88. The minimum atomic E-state index is -2.91. The van der Waals surface area contributed by atoms with Crippen LogP contribution in [0.2, 0.25) is 0 Å². The fourth-order valence-corrected chi connectivity index (χ4v) is 4.27. The van der Waals surface area contributed by atoms with Crippen LogP contribution in [0.25, 0.3) is 11.4 Å². The summed E-state index contributed by atoms with van der Waals surface area (Å²) in [4.78, 5) is 13.0. The van der Waals surface area contributed by atoms with Crippen molar-refractivity contribution in [2.45, 2.75) is 37.4 Å². The van der Waals surface area contributed by atoms with Crippen LogP contribution in [0.4, 0.5) is 8.78 Å². The van der Waals surface area contributed by atoms with Crippen LogP contribution in [0.15, 0.2) is 76.5 Å². The fraction of sp³-hybridized carbons (Fsp3) is 0.208. The summed E-state index contributed by atoms with van der Waals surface area (Å²) in [6, 6.07) is 17.4. The molecule has 1 unspecified atom stereocenters. The van der Waals surface area contributed by atoms with Crippen LogP contribution in [0.3, 0.4) is 0 Å². The number of halogens is 2. The molecule has 0 aliphatic rings. The molecule has 33 heavy (non-hydrogen) atoms. The molecular weight excluding hydrogens is 448 g/mol. The molecule has 4 aromatic rings. The molecule has 0 bridgehead atoms. The van der Waals surface area contributed by atoms with Gasteiger partial charge in [-0.05, 0) is 49.7 Å². The predicted molar refractivity (Wildman–Crippen MR) is 121 cm³/mol. The van der Waals surface area contributed by atoms with Crippen LogP contribution < -0.4 is 4.74 Å². The van der Waals surface area contributed by atoms with Gasteiger partial charge >= 0.3 is 6.61 Å². The maximum Gasteiger partial charge on any atom is 0.387 e. The zero-order valence-electron chi connectivity index (χ0n) is 17.9. The maximum atomic E-state index is 13.0. The van der Waals surface area contributed by atoms with Gasteiger partial charge in [0.15, 0.2) is 16.8 Å². The number of nitrogens with zero attached hydrogens (tertiary/aromatic N) is 3. The Morgan fingerprint density at radius 3 is 2.45 bits per heavy atom. The van der Waals surface area contributed by atoms with Crippen molar-refractivity contribution in [2.24, 2.45) is 0 Å². The molecule has 0 N–H and O–H groups in total. The Hall–Kier alpha value is -3.46. The number of carbonyl (C=O) groups is 1. The number of carbonyl (C=O) groups excluding carboxylic acids is 1. The average Bonchev–Trinajstić information content (AvgIpc) is 3.39. The monoisotopic (exact) mass is 469 g/mol. The molecule has 0 fully saturated rings. The first-order chi connectivity index (χ1) is 15.9. The molecule has 9 heteroatoms. The van der Waals surface area contributed by atoms with Crippen molar-refractivity contribution in [3.63, 3.8) is 0 Å². The average molecular weight is 470 g/mol. The van der Waals surface area contributed by atoms with E-state index in [2.05, 4.69) is 14.9 Å². The van der Waals surface area contributed by atoms with Gasteiger partial charge in [0, 0.05) is 5.56 Å². The predicted octanol–water partition coefficient (Wildman–Crippen LogP) is 5.86. The molecule has 2 aromatic carbocycles. The Balaban J connectivity index is 1.58. The molecule has 0 aliphatic heterocycles. The lowest BCUT2D eigenvalue weighted by atomic mass is 10.1. The Morgan fingerprint density at radius 2 is 1.82 bits per heavy atom. The second kappa shape index (κ2) is 9.99. The lowest BCUT2D eigenvalue weighted by molar-refractivity contribution is -0.0498. The summed E-state index contributed by atoms with van der Waals surface area (Å²) < 4.78 is 36.5. The molecule has 170 valence electrons. The number of rotatable bonds is 9. The molecule has 0 radical (unpaired) electrons. The summed E-state index contributed by atoms with van der Waals surface area (Å²) in [5.41, 5.74) is 2.30. The van der Waals surface area contributed by atoms with Gasteiger partial charge < -0.3 is 9.15 Å². The topological polar surface area (TPSA) is 70.2 Å². The fourth-order valence-electron chi connectivity index (χ4n) is 3.35. The van der Waals surface area contributed by atoms with E-state index in [1.165, 1.54) is 36.0 Å². The lowest BCUT2D eigenvalue weighted by Crippen LogP contribution is -2.15. The molecule has 2 heterocycles. The first kappa shape index (κ1) is 22.7. The smallest absolute Gasteiger partial charge is 0.387 e. The number of benzene rings is 2. The number of alkyl halides is 2. The number of thioether (sulfide) groups is 1. The van der Waals surface area contributed by atoms with E-state index in [-0.39, 0.29) is 11.5 Å². The molecule has 0 saturated carbocycles. The number of ketones is 1. The van der Waals surface area contributed by atoms with Gasteiger partial charge in [0.1, 0.15) is 11.5 Å².